The summed E-state index contributed by atoms with van der Waals surface area (Å²) in [6.07, 6.45) is -2.21. The van der Waals surface area contributed by atoms with Crippen molar-refractivity contribution in [1.29, 1.82) is 0 Å². The van der Waals surface area contributed by atoms with E-state index in [1.807, 2.05) is 16.8 Å². The van der Waals surface area contributed by atoms with Crippen LogP contribution in [-0.2, 0) is 6.18 Å². The number of aromatic nitrogens is 1. The molecule has 0 saturated carbocycles. The molecule has 0 unspecified atom stereocenters. The molecule has 0 bridgehead atoms. The standard InChI is InChI=1S/C20H17F5N4/c1-12-10-28(15-4-2-14(3-5-15)20(23,24)25)11-18-16(9-27-29(12)18)13-6-7-26-17(8-13)19(21)22/h2-9,11-12,19,27H,10H2,1H3/t12-/m0/s1. The van der Waals surface area contributed by atoms with E-state index in [0.717, 1.165) is 17.8 Å². The maximum Gasteiger partial charge on any atom is 0.416 e. The lowest BCUT2D eigenvalue weighted by Crippen LogP contribution is -2.47. The Balaban J connectivity index is 1.67. The molecular formula is C20H17F5N4. The Hall–Kier alpha value is -3.10. The molecule has 2 aliphatic heterocycles. The van der Waals surface area contributed by atoms with Gasteiger partial charge in [0, 0.05) is 36.4 Å². The summed E-state index contributed by atoms with van der Waals surface area (Å²) in [5.41, 5.74) is 4.75. The van der Waals surface area contributed by atoms with Gasteiger partial charge in [0.05, 0.1) is 17.3 Å². The molecule has 1 aromatic carbocycles. The lowest BCUT2D eigenvalue weighted by molar-refractivity contribution is -0.137. The summed E-state index contributed by atoms with van der Waals surface area (Å²) in [6.45, 7) is 2.51. The van der Waals surface area contributed by atoms with E-state index in [1.165, 1.54) is 24.4 Å². The molecule has 4 nitrogen and oxygen atoms in total. The lowest BCUT2D eigenvalue weighted by Gasteiger charge is -2.38. The largest absolute Gasteiger partial charge is 0.416 e. The van der Waals surface area contributed by atoms with E-state index in [2.05, 4.69) is 10.4 Å². The monoisotopic (exact) mass is 408 g/mol. The summed E-state index contributed by atoms with van der Waals surface area (Å²) in [5, 5.41) is 1.90. The number of rotatable bonds is 3. The molecule has 9 heteroatoms. The normalized spacial score (nSPS) is 19.1. The van der Waals surface area contributed by atoms with Crippen molar-refractivity contribution >= 4 is 11.3 Å². The highest BCUT2D eigenvalue weighted by Crippen LogP contribution is 2.36. The summed E-state index contributed by atoms with van der Waals surface area (Å²) < 4.78 is 64.5. The first kappa shape index (κ1) is 19.2. The minimum atomic E-state index is -4.39. The molecular weight excluding hydrogens is 391 g/mol. The molecule has 1 N–H and O–H groups in total. The average Bonchev–Trinajstić information content (AvgIpc) is 3.12. The van der Waals surface area contributed by atoms with Crippen molar-refractivity contribution in [3.05, 3.63) is 77.5 Å². The lowest BCUT2D eigenvalue weighted by atomic mass is 10.0. The van der Waals surface area contributed by atoms with Crippen LogP contribution in [0.15, 0.2) is 60.7 Å². The van der Waals surface area contributed by atoms with Crippen LogP contribution in [0.25, 0.3) is 5.57 Å². The number of pyridine rings is 1. The highest BCUT2D eigenvalue weighted by molar-refractivity contribution is 5.81. The van der Waals surface area contributed by atoms with Crippen molar-refractivity contribution in [3.63, 3.8) is 0 Å². The van der Waals surface area contributed by atoms with E-state index in [0.29, 0.717) is 23.4 Å². The first-order chi connectivity index (χ1) is 13.7. The maximum atomic E-state index is 13.0. The Labute approximate surface area is 163 Å². The fourth-order valence-corrected chi connectivity index (χ4v) is 3.46. The minimum absolute atomic E-state index is 0.0116. The van der Waals surface area contributed by atoms with Crippen LogP contribution >= 0.6 is 0 Å². The van der Waals surface area contributed by atoms with Gasteiger partial charge in [-0.1, -0.05) is 0 Å². The zero-order valence-electron chi connectivity index (χ0n) is 15.3. The van der Waals surface area contributed by atoms with E-state index in [4.69, 9.17) is 0 Å². The van der Waals surface area contributed by atoms with Crippen molar-refractivity contribution < 1.29 is 22.0 Å². The second-order valence-electron chi connectivity index (χ2n) is 6.89. The molecule has 2 aromatic rings. The fourth-order valence-electron chi connectivity index (χ4n) is 3.46. The third kappa shape index (κ3) is 3.64. The maximum absolute atomic E-state index is 13.0. The number of hydrogen-bond donors (Lipinski definition) is 1. The zero-order chi connectivity index (χ0) is 20.8. The van der Waals surface area contributed by atoms with E-state index in [9.17, 15) is 22.0 Å². The number of hydrogen-bond acceptors (Lipinski definition) is 4. The number of halogens is 5. The van der Waals surface area contributed by atoms with Crippen LogP contribution in [0.2, 0.25) is 0 Å². The minimum Gasteiger partial charge on any atom is -0.344 e. The smallest absolute Gasteiger partial charge is 0.344 e. The van der Waals surface area contributed by atoms with Crippen LogP contribution in [0.4, 0.5) is 27.6 Å². The number of nitrogens with zero attached hydrogens (tertiary/aromatic N) is 3. The van der Waals surface area contributed by atoms with Crippen LogP contribution in [0.3, 0.4) is 0 Å². The molecule has 0 saturated heterocycles. The summed E-state index contributed by atoms with van der Waals surface area (Å²) in [7, 11) is 0. The fraction of sp³-hybridized carbons (Fsp3) is 0.250. The van der Waals surface area contributed by atoms with Crippen molar-refractivity contribution in [3.8, 4) is 0 Å². The molecule has 29 heavy (non-hydrogen) atoms. The predicted molar refractivity (Wildman–Crippen MR) is 98.5 cm³/mol. The zero-order valence-corrected chi connectivity index (χ0v) is 15.3. The summed E-state index contributed by atoms with van der Waals surface area (Å²) in [6, 6.07) is 7.92. The van der Waals surface area contributed by atoms with E-state index in [-0.39, 0.29) is 11.7 Å². The average molecular weight is 408 g/mol. The molecule has 0 amide bonds. The number of nitrogens with one attached hydrogen (secondary N) is 1. The molecule has 4 rings (SSSR count). The second-order valence-corrected chi connectivity index (χ2v) is 6.89. The van der Waals surface area contributed by atoms with Gasteiger partial charge in [0.15, 0.2) is 0 Å². The molecule has 0 aliphatic carbocycles. The van der Waals surface area contributed by atoms with Gasteiger partial charge >= 0.3 is 6.18 Å². The Morgan fingerprint density at radius 2 is 1.86 bits per heavy atom. The number of hydrazine groups is 1. The van der Waals surface area contributed by atoms with Gasteiger partial charge in [-0.15, -0.1) is 0 Å². The van der Waals surface area contributed by atoms with Gasteiger partial charge in [-0.25, -0.2) is 8.78 Å². The van der Waals surface area contributed by atoms with Crippen LogP contribution in [0.1, 0.15) is 30.2 Å². The van der Waals surface area contributed by atoms with Crippen molar-refractivity contribution in [1.82, 2.24) is 15.4 Å². The van der Waals surface area contributed by atoms with Crippen LogP contribution < -0.4 is 10.3 Å². The molecule has 1 atom stereocenters. The third-order valence-corrected chi connectivity index (χ3v) is 4.91. The Bertz CT molecular complexity index is 966. The van der Waals surface area contributed by atoms with Crippen molar-refractivity contribution in [2.45, 2.75) is 25.6 Å². The highest BCUT2D eigenvalue weighted by atomic mass is 19.4. The van der Waals surface area contributed by atoms with Gasteiger partial charge < -0.3 is 10.3 Å². The molecule has 2 aliphatic rings. The molecule has 3 heterocycles. The number of fused-ring (bicyclic) bond motifs is 1. The number of allylic oxidation sites excluding steroid dienone is 1. The Kier molecular flexibility index (Phi) is 4.68. The van der Waals surface area contributed by atoms with E-state index < -0.39 is 18.2 Å². The molecule has 0 spiro atoms. The van der Waals surface area contributed by atoms with Gasteiger partial charge in [-0.3, -0.25) is 9.99 Å². The van der Waals surface area contributed by atoms with Gasteiger partial charge in [0.25, 0.3) is 6.43 Å². The van der Waals surface area contributed by atoms with E-state index >= 15 is 0 Å². The molecule has 0 fully saturated rings. The van der Waals surface area contributed by atoms with Crippen LogP contribution in [0.5, 0.6) is 0 Å². The van der Waals surface area contributed by atoms with Gasteiger partial charge in [0.1, 0.15) is 5.69 Å². The van der Waals surface area contributed by atoms with E-state index in [1.54, 1.807) is 18.5 Å². The van der Waals surface area contributed by atoms with Gasteiger partial charge in [0.2, 0.25) is 0 Å². The van der Waals surface area contributed by atoms with Gasteiger partial charge in [-0.05, 0) is 48.9 Å². The van der Waals surface area contributed by atoms with Crippen LogP contribution in [-0.4, -0.2) is 22.6 Å². The first-order valence-electron chi connectivity index (χ1n) is 8.90. The Morgan fingerprint density at radius 3 is 2.52 bits per heavy atom. The summed E-state index contributed by atoms with van der Waals surface area (Å²) in [4.78, 5) is 5.54. The number of alkyl halides is 5. The summed E-state index contributed by atoms with van der Waals surface area (Å²) >= 11 is 0. The van der Waals surface area contributed by atoms with Crippen molar-refractivity contribution in [2.24, 2.45) is 0 Å². The SMILES string of the molecule is C[C@H]1CN(c2ccc(C(F)(F)F)cc2)C=C2C(c3ccnc(C(F)F)c3)=CNN21. The molecule has 152 valence electrons. The summed E-state index contributed by atoms with van der Waals surface area (Å²) in [5.74, 6) is 0. The Morgan fingerprint density at radius 1 is 1.14 bits per heavy atom. The quantitative estimate of drug-likeness (QED) is 0.729. The highest BCUT2D eigenvalue weighted by Gasteiger charge is 2.33. The molecule has 0 radical (unpaired) electrons. The van der Waals surface area contributed by atoms with Crippen molar-refractivity contribution in [2.75, 3.05) is 11.4 Å². The number of anilines is 1. The topological polar surface area (TPSA) is 31.4 Å². The van der Waals surface area contributed by atoms with Gasteiger partial charge in [-0.2, -0.15) is 13.2 Å². The molecule has 1 aromatic heterocycles. The third-order valence-electron chi connectivity index (χ3n) is 4.91. The van der Waals surface area contributed by atoms with Crippen LogP contribution in [0, 0.1) is 0 Å². The second kappa shape index (κ2) is 7.06. The predicted octanol–water partition coefficient (Wildman–Crippen LogP) is 4.95. The number of benzene rings is 1. The first-order valence-corrected chi connectivity index (χ1v) is 8.90.